The van der Waals surface area contributed by atoms with Gasteiger partial charge in [-0.05, 0) is 42.5 Å². The number of nitrogens with zero attached hydrogens (tertiary/aromatic N) is 3. The minimum absolute atomic E-state index is 0.272. The number of anilines is 2. The summed E-state index contributed by atoms with van der Waals surface area (Å²) in [4.78, 5) is 28.3. The third-order valence-corrected chi connectivity index (χ3v) is 5.16. The average molecular weight is 376 g/mol. The molecular formula is C20H17FN6O. The number of nitrogen functional groups attached to an aromatic ring is 1. The van der Waals surface area contributed by atoms with E-state index in [0.29, 0.717) is 22.7 Å². The highest BCUT2D eigenvalue weighted by molar-refractivity contribution is 5.99. The summed E-state index contributed by atoms with van der Waals surface area (Å²) in [6, 6.07) is 5.52. The van der Waals surface area contributed by atoms with Crippen LogP contribution in [0.4, 0.5) is 16.0 Å². The summed E-state index contributed by atoms with van der Waals surface area (Å²) >= 11 is 0. The van der Waals surface area contributed by atoms with Gasteiger partial charge in [-0.2, -0.15) is 0 Å². The minimum atomic E-state index is -1.05. The SMILES string of the molecule is Cc1c(-c2cc3cc(NC(=O)[C@@H]4C[C@@H]4F)ncc3c(N)n2)cnc2cc[nH]c12. The number of carbonyl (C=O) groups excluding carboxylic acids is 1. The Balaban J connectivity index is 1.57. The Kier molecular flexibility index (Phi) is 3.55. The molecule has 0 aliphatic heterocycles. The smallest absolute Gasteiger partial charge is 0.231 e. The van der Waals surface area contributed by atoms with Crippen LogP contribution in [0.1, 0.15) is 12.0 Å². The number of aromatic amines is 1. The molecule has 0 radical (unpaired) electrons. The number of hydrogen-bond donors (Lipinski definition) is 3. The molecule has 2 atom stereocenters. The number of fused-ring (bicyclic) bond motifs is 2. The van der Waals surface area contributed by atoms with Crippen LogP contribution in [-0.2, 0) is 4.79 Å². The first-order valence-electron chi connectivity index (χ1n) is 8.95. The van der Waals surface area contributed by atoms with Gasteiger partial charge in [0.15, 0.2) is 0 Å². The maximum atomic E-state index is 13.1. The molecular weight excluding hydrogens is 359 g/mol. The predicted molar refractivity (Wildman–Crippen MR) is 105 cm³/mol. The summed E-state index contributed by atoms with van der Waals surface area (Å²) in [5.74, 6) is -0.214. The van der Waals surface area contributed by atoms with Crippen molar-refractivity contribution in [2.45, 2.75) is 19.5 Å². The molecule has 5 rings (SSSR count). The molecule has 140 valence electrons. The Labute approximate surface area is 159 Å². The molecule has 4 heterocycles. The highest BCUT2D eigenvalue weighted by Gasteiger charge is 2.43. The van der Waals surface area contributed by atoms with Crippen molar-refractivity contribution in [1.82, 2.24) is 19.9 Å². The number of nitrogens with two attached hydrogens (primary N) is 1. The van der Waals surface area contributed by atoms with Crippen LogP contribution in [-0.4, -0.2) is 32.0 Å². The molecule has 1 amide bonds. The zero-order chi connectivity index (χ0) is 19.4. The van der Waals surface area contributed by atoms with Crippen LogP contribution in [0.15, 0.2) is 36.8 Å². The average Bonchev–Trinajstić information content (AvgIpc) is 3.21. The monoisotopic (exact) mass is 376 g/mol. The van der Waals surface area contributed by atoms with E-state index in [2.05, 4.69) is 25.3 Å². The second-order valence-corrected chi connectivity index (χ2v) is 7.07. The number of alkyl halides is 1. The Morgan fingerprint density at radius 1 is 1.32 bits per heavy atom. The molecule has 7 nitrogen and oxygen atoms in total. The zero-order valence-corrected chi connectivity index (χ0v) is 15.0. The zero-order valence-electron chi connectivity index (χ0n) is 15.0. The van der Waals surface area contributed by atoms with E-state index in [-0.39, 0.29) is 12.3 Å². The van der Waals surface area contributed by atoms with Gasteiger partial charge in [0.05, 0.1) is 22.6 Å². The lowest BCUT2D eigenvalue weighted by molar-refractivity contribution is -0.117. The maximum absolute atomic E-state index is 13.1. The minimum Gasteiger partial charge on any atom is -0.383 e. The second kappa shape index (κ2) is 5.98. The van der Waals surface area contributed by atoms with Gasteiger partial charge in [0.2, 0.25) is 5.91 Å². The molecule has 1 saturated carbocycles. The van der Waals surface area contributed by atoms with Gasteiger partial charge in [-0.3, -0.25) is 9.78 Å². The normalized spacial score (nSPS) is 18.5. The van der Waals surface area contributed by atoms with Crippen LogP contribution in [0.2, 0.25) is 0 Å². The largest absolute Gasteiger partial charge is 0.383 e. The summed E-state index contributed by atoms with van der Waals surface area (Å²) in [5.41, 5.74) is 10.5. The molecule has 1 aliphatic rings. The van der Waals surface area contributed by atoms with Gasteiger partial charge in [0, 0.05) is 29.5 Å². The van der Waals surface area contributed by atoms with Crippen molar-refractivity contribution < 1.29 is 9.18 Å². The quantitative estimate of drug-likeness (QED) is 0.508. The maximum Gasteiger partial charge on any atom is 0.231 e. The number of carbonyl (C=O) groups is 1. The molecule has 0 bridgehead atoms. The third kappa shape index (κ3) is 2.65. The summed E-state index contributed by atoms with van der Waals surface area (Å²) in [5, 5.41) is 4.14. The van der Waals surface area contributed by atoms with Crippen LogP contribution in [0.5, 0.6) is 0 Å². The highest BCUT2D eigenvalue weighted by atomic mass is 19.1. The molecule has 0 spiro atoms. The lowest BCUT2D eigenvalue weighted by Crippen LogP contribution is -2.15. The van der Waals surface area contributed by atoms with Crippen LogP contribution in [0.3, 0.4) is 0 Å². The molecule has 0 unspecified atom stereocenters. The van der Waals surface area contributed by atoms with E-state index in [1.807, 2.05) is 25.3 Å². The fourth-order valence-electron chi connectivity index (χ4n) is 3.43. The lowest BCUT2D eigenvalue weighted by Gasteiger charge is -2.10. The van der Waals surface area contributed by atoms with E-state index < -0.39 is 12.1 Å². The molecule has 4 aromatic heterocycles. The van der Waals surface area contributed by atoms with Crippen molar-refractivity contribution in [2.24, 2.45) is 5.92 Å². The second-order valence-electron chi connectivity index (χ2n) is 7.07. The van der Waals surface area contributed by atoms with Gasteiger partial charge in [0.1, 0.15) is 17.8 Å². The number of nitrogens with one attached hydrogen (secondary N) is 2. The first kappa shape index (κ1) is 16.6. The summed E-state index contributed by atoms with van der Waals surface area (Å²) in [6.45, 7) is 2.00. The van der Waals surface area contributed by atoms with Crippen molar-refractivity contribution in [1.29, 1.82) is 0 Å². The van der Waals surface area contributed by atoms with Gasteiger partial charge in [-0.1, -0.05) is 0 Å². The van der Waals surface area contributed by atoms with E-state index >= 15 is 0 Å². The molecule has 8 heteroatoms. The highest BCUT2D eigenvalue weighted by Crippen LogP contribution is 2.35. The Morgan fingerprint density at radius 2 is 2.14 bits per heavy atom. The van der Waals surface area contributed by atoms with E-state index in [1.165, 1.54) is 0 Å². The fourth-order valence-corrected chi connectivity index (χ4v) is 3.43. The topological polar surface area (TPSA) is 110 Å². The van der Waals surface area contributed by atoms with Gasteiger partial charge in [-0.15, -0.1) is 0 Å². The number of amides is 1. The van der Waals surface area contributed by atoms with E-state index in [1.54, 1.807) is 18.5 Å². The number of rotatable bonds is 3. The Bertz CT molecular complexity index is 1250. The van der Waals surface area contributed by atoms with Crippen LogP contribution >= 0.6 is 0 Å². The van der Waals surface area contributed by atoms with Gasteiger partial charge in [0.25, 0.3) is 0 Å². The van der Waals surface area contributed by atoms with E-state index in [0.717, 1.165) is 27.5 Å². The van der Waals surface area contributed by atoms with Crippen LogP contribution in [0, 0.1) is 12.8 Å². The lowest BCUT2D eigenvalue weighted by atomic mass is 10.0. The molecule has 1 fully saturated rings. The Hall–Kier alpha value is -3.55. The van der Waals surface area contributed by atoms with Crippen molar-refractivity contribution in [3.63, 3.8) is 0 Å². The van der Waals surface area contributed by atoms with Gasteiger partial charge < -0.3 is 16.0 Å². The van der Waals surface area contributed by atoms with Gasteiger partial charge in [-0.25, -0.2) is 14.4 Å². The third-order valence-electron chi connectivity index (χ3n) is 5.16. The summed E-state index contributed by atoms with van der Waals surface area (Å²) in [7, 11) is 0. The molecule has 28 heavy (non-hydrogen) atoms. The summed E-state index contributed by atoms with van der Waals surface area (Å²) in [6.07, 6.45) is 4.41. The molecule has 1 aliphatic carbocycles. The first-order valence-corrected chi connectivity index (χ1v) is 8.95. The number of halogens is 1. The number of H-pyrrole nitrogens is 1. The molecule has 0 aromatic carbocycles. The van der Waals surface area contributed by atoms with E-state index in [9.17, 15) is 9.18 Å². The fraction of sp³-hybridized carbons (Fsp3) is 0.200. The van der Waals surface area contributed by atoms with Crippen LogP contribution < -0.4 is 11.1 Å². The number of aromatic nitrogens is 4. The number of pyridine rings is 3. The van der Waals surface area contributed by atoms with Gasteiger partial charge >= 0.3 is 0 Å². The Morgan fingerprint density at radius 3 is 2.93 bits per heavy atom. The van der Waals surface area contributed by atoms with E-state index in [4.69, 9.17) is 5.73 Å². The standard InChI is InChI=1S/C20H17FN6O/c1-9-12(7-24-15-2-3-23-18(9)15)16-4-10-5-17(25-8-13(10)19(22)26-16)27-20(28)11-6-14(11)21/h2-5,7-8,11,14,23H,6H2,1H3,(H2,22,26)(H,25,27,28)/t11-,14+/m1/s1. The molecule has 4 aromatic rings. The van der Waals surface area contributed by atoms with Crippen molar-refractivity contribution in [3.8, 4) is 11.3 Å². The molecule has 4 N–H and O–H groups in total. The number of hydrogen-bond acceptors (Lipinski definition) is 5. The molecule has 0 saturated heterocycles. The van der Waals surface area contributed by atoms with Crippen molar-refractivity contribution >= 4 is 39.3 Å². The first-order chi connectivity index (χ1) is 13.5. The van der Waals surface area contributed by atoms with Crippen molar-refractivity contribution in [3.05, 3.63) is 42.4 Å². The van der Waals surface area contributed by atoms with Crippen LogP contribution in [0.25, 0.3) is 33.1 Å². The predicted octanol–water partition coefficient (Wildman–Crippen LogP) is 3.36. The van der Waals surface area contributed by atoms with Crippen molar-refractivity contribution in [2.75, 3.05) is 11.1 Å². The number of aryl methyl sites for hydroxylation is 1. The summed E-state index contributed by atoms with van der Waals surface area (Å²) < 4.78 is 13.1.